The van der Waals surface area contributed by atoms with Crippen molar-refractivity contribution in [2.45, 2.75) is 32.4 Å². The van der Waals surface area contributed by atoms with Crippen LogP contribution in [0, 0.1) is 5.92 Å². The zero-order valence-corrected chi connectivity index (χ0v) is 11.4. The molecule has 6 nitrogen and oxygen atoms in total. The maximum absolute atomic E-state index is 13.6. The zero-order valence-electron chi connectivity index (χ0n) is 11.4. The molecule has 0 bridgehead atoms. The average Bonchev–Trinajstić information content (AvgIpc) is 2.35. The number of nitrogen functional groups attached to an aromatic ring is 1. The number of nitrogens with two attached hydrogens (primary N) is 1. The van der Waals surface area contributed by atoms with E-state index in [1.807, 2.05) is 0 Å². The summed E-state index contributed by atoms with van der Waals surface area (Å²) in [5.41, 5.74) is 4.41. The predicted octanol–water partition coefficient (Wildman–Crippen LogP) is 1.01. The predicted molar refractivity (Wildman–Crippen MR) is 69.4 cm³/mol. The van der Waals surface area contributed by atoms with Gasteiger partial charge in [0, 0.05) is 25.6 Å². The highest BCUT2D eigenvalue weighted by atomic mass is 19.3. The van der Waals surface area contributed by atoms with Gasteiger partial charge in [0.15, 0.2) is 0 Å². The Kier molecular flexibility index (Phi) is 5.58. The van der Waals surface area contributed by atoms with Gasteiger partial charge in [0.1, 0.15) is 5.82 Å². The molecule has 0 fully saturated rings. The van der Waals surface area contributed by atoms with Gasteiger partial charge in [-0.3, -0.25) is 4.57 Å². The molecule has 8 heteroatoms. The zero-order chi connectivity index (χ0) is 15.3. The second-order valence-corrected chi connectivity index (χ2v) is 4.64. The average molecular weight is 291 g/mol. The summed E-state index contributed by atoms with van der Waals surface area (Å²) in [6.07, 6.45) is -0.0938. The van der Waals surface area contributed by atoms with Crippen LogP contribution in [0.15, 0.2) is 17.1 Å². The molecule has 0 spiro atoms. The van der Waals surface area contributed by atoms with Crippen LogP contribution in [0.4, 0.5) is 14.6 Å². The molecule has 0 radical (unpaired) electrons. The number of aromatic nitrogens is 2. The van der Waals surface area contributed by atoms with E-state index in [1.54, 1.807) is 6.92 Å². The molecule has 0 aliphatic rings. The fourth-order valence-corrected chi connectivity index (χ4v) is 1.60. The van der Waals surface area contributed by atoms with E-state index in [2.05, 4.69) is 4.98 Å². The molecular formula is C12H19F2N3O3. The van der Waals surface area contributed by atoms with Gasteiger partial charge < -0.3 is 15.6 Å². The number of nitrogens with zero attached hydrogens (tertiary/aromatic N) is 2. The lowest BCUT2D eigenvalue weighted by atomic mass is 10.1. The summed E-state index contributed by atoms with van der Waals surface area (Å²) in [4.78, 5) is 15.0. The highest BCUT2D eigenvalue weighted by Gasteiger charge is 2.37. The van der Waals surface area contributed by atoms with Crippen molar-refractivity contribution in [3.05, 3.63) is 22.7 Å². The topological polar surface area (TPSA) is 90.4 Å². The Bertz CT molecular complexity index is 484. The van der Waals surface area contributed by atoms with Crippen molar-refractivity contribution < 1.29 is 18.6 Å². The Morgan fingerprint density at radius 2 is 2.25 bits per heavy atom. The maximum Gasteiger partial charge on any atom is 0.351 e. The Labute approximate surface area is 115 Å². The van der Waals surface area contributed by atoms with Crippen LogP contribution in [0.5, 0.6) is 0 Å². The third-order valence-corrected chi connectivity index (χ3v) is 2.86. The van der Waals surface area contributed by atoms with Crippen molar-refractivity contribution in [1.82, 2.24) is 9.55 Å². The Morgan fingerprint density at radius 1 is 1.60 bits per heavy atom. The molecule has 2 unspecified atom stereocenters. The minimum Gasteiger partial charge on any atom is -0.396 e. The Morgan fingerprint density at radius 3 is 2.70 bits per heavy atom. The van der Waals surface area contributed by atoms with E-state index in [0.29, 0.717) is 17.9 Å². The number of anilines is 1. The van der Waals surface area contributed by atoms with Gasteiger partial charge in [-0.15, -0.1) is 0 Å². The highest BCUT2D eigenvalue weighted by Crippen LogP contribution is 2.29. The van der Waals surface area contributed by atoms with Gasteiger partial charge >= 0.3 is 5.69 Å². The summed E-state index contributed by atoms with van der Waals surface area (Å²) in [5.74, 6) is -3.60. The monoisotopic (exact) mass is 291 g/mol. The summed E-state index contributed by atoms with van der Waals surface area (Å²) < 4.78 is 33.0. The van der Waals surface area contributed by atoms with E-state index in [-0.39, 0.29) is 24.9 Å². The molecule has 1 aromatic rings. The van der Waals surface area contributed by atoms with Crippen LogP contribution in [0.1, 0.15) is 26.5 Å². The van der Waals surface area contributed by atoms with Gasteiger partial charge in [0.25, 0.3) is 5.92 Å². The number of hydrogen-bond donors (Lipinski definition) is 2. The second kappa shape index (κ2) is 6.76. The van der Waals surface area contributed by atoms with Crippen LogP contribution in [-0.4, -0.2) is 33.8 Å². The van der Waals surface area contributed by atoms with E-state index in [9.17, 15) is 13.6 Å². The molecule has 0 saturated heterocycles. The first-order valence-corrected chi connectivity index (χ1v) is 6.24. The summed E-state index contributed by atoms with van der Waals surface area (Å²) in [6.45, 7) is 2.20. The summed E-state index contributed by atoms with van der Waals surface area (Å²) in [6, 6.07) is 1.24. The standard InChI is InChI=1S/C12H19F2N3O3/c1-3-8(6-18)7-20-10(12(2,13)14)17-5-4-9(15)16-11(17)19/h4-5,8,10,18H,3,6-7H2,1-2H3,(H2,15,16,19). The SMILES string of the molecule is CCC(CO)COC(n1ccc(N)nc1=O)C(C)(F)F. The van der Waals surface area contributed by atoms with Crippen LogP contribution in [0.3, 0.4) is 0 Å². The lowest BCUT2D eigenvalue weighted by Gasteiger charge is -2.26. The fraction of sp³-hybridized carbons (Fsp3) is 0.667. The first-order chi connectivity index (χ1) is 9.29. The molecule has 114 valence electrons. The molecule has 2 atom stereocenters. The first-order valence-electron chi connectivity index (χ1n) is 6.24. The van der Waals surface area contributed by atoms with Crippen LogP contribution in [0.25, 0.3) is 0 Å². The number of aliphatic hydroxyl groups excluding tert-OH is 1. The lowest BCUT2D eigenvalue weighted by molar-refractivity contribution is -0.172. The highest BCUT2D eigenvalue weighted by molar-refractivity contribution is 5.23. The molecule has 0 aliphatic heterocycles. The third-order valence-electron chi connectivity index (χ3n) is 2.86. The summed E-state index contributed by atoms with van der Waals surface area (Å²) >= 11 is 0. The van der Waals surface area contributed by atoms with Gasteiger partial charge in [0.2, 0.25) is 6.23 Å². The van der Waals surface area contributed by atoms with Gasteiger partial charge in [0.05, 0.1) is 6.61 Å². The largest absolute Gasteiger partial charge is 0.396 e. The molecule has 1 heterocycles. The number of rotatable bonds is 7. The van der Waals surface area contributed by atoms with E-state index < -0.39 is 17.8 Å². The van der Waals surface area contributed by atoms with Crippen LogP contribution < -0.4 is 11.4 Å². The van der Waals surface area contributed by atoms with Crippen molar-refractivity contribution in [3.8, 4) is 0 Å². The molecule has 0 saturated carbocycles. The minimum absolute atomic E-state index is 0.0498. The van der Waals surface area contributed by atoms with Crippen molar-refractivity contribution >= 4 is 5.82 Å². The van der Waals surface area contributed by atoms with E-state index in [4.69, 9.17) is 15.6 Å². The van der Waals surface area contributed by atoms with E-state index in [1.165, 1.54) is 6.07 Å². The van der Waals surface area contributed by atoms with Crippen molar-refractivity contribution in [2.75, 3.05) is 18.9 Å². The number of alkyl halides is 2. The van der Waals surface area contributed by atoms with Crippen LogP contribution >= 0.6 is 0 Å². The molecule has 0 aromatic carbocycles. The molecule has 1 aromatic heterocycles. The molecule has 0 amide bonds. The number of hydrogen-bond acceptors (Lipinski definition) is 5. The summed E-state index contributed by atoms with van der Waals surface area (Å²) in [7, 11) is 0. The van der Waals surface area contributed by atoms with E-state index in [0.717, 1.165) is 6.20 Å². The number of ether oxygens (including phenoxy) is 1. The normalized spacial score (nSPS) is 15.1. The first kappa shape index (κ1) is 16.5. The molecular weight excluding hydrogens is 272 g/mol. The van der Waals surface area contributed by atoms with Gasteiger partial charge in [-0.1, -0.05) is 6.92 Å². The minimum atomic E-state index is -3.28. The van der Waals surface area contributed by atoms with Gasteiger partial charge in [-0.25, -0.2) is 13.6 Å². The quantitative estimate of drug-likeness (QED) is 0.782. The Balaban J connectivity index is 2.99. The Hall–Kier alpha value is -1.54. The van der Waals surface area contributed by atoms with Gasteiger partial charge in [-0.05, 0) is 12.5 Å². The van der Waals surface area contributed by atoms with Crippen molar-refractivity contribution in [1.29, 1.82) is 0 Å². The lowest BCUT2D eigenvalue weighted by Crippen LogP contribution is -2.38. The van der Waals surface area contributed by atoms with Crippen molar-refractivity contribution in [3.63, 3.8) is 0 Å². The second-order valence-electron chi connectivity index (χ2n) is 4.64. The maximum atomic E-state index is 13.6. The van der Waals surface area contributed by atoms with E-state index >= 15 is 0 Å². The van der Waals surface area contributed by atoms with Crippen molar-refractivity contribution in [2.24, 2.45) is 5.92 Å². The summed E-state index contributed by atoms with van der Waals surface area (Å²) in [5, 5.41) is 9.04. The van der Waals surface area contributed by atoms with Crippen LogP contribution in [-0.2, 0) is 4.74 Å². The molecule has 0 aliphatic carbocycles. The van der Waals surface area contributed by atoms with Crippen LogP contribution in [0.2, 0.25) is 0 Å². The molecule has 1 rings (SSSR count). The number of halogens is 2. The smallest absolute Gasteiger partial charge is 0.351 e. The molecule has 20 heavy (non-hydrogen) atoms. The third kappa shape index (κ3) is 4.24. The molecule has 3 N–H and O–H groups in total. The fourth-order valence-electron chi connectivity index (χ4n) is 1.60. The van der Waals surface area contributed by atoms with Gasteiger partial charge in [-0.2, -0.15) is 4.98 Å². The number of aliphatic hydroxyl groups is 1.